The number of hydrogen-bond acceptors (Lipinski definition) is 3. The van der Waals surface area contributed by atoms with Crippen molar-refractivity contribution >= 4 is 17.3 Å². The fourth-order valence-electron chi connectivity index (χ4n) is 2.27. The summed E-state index contributed by atoms with van der Waals surface area (Å²) in [5, 5.41) is 0. The minimum Gasteiger partial charge on any atom is -0.289 e. The van der Waals surface area contributed by atoms with Crippen molar-refractivity contribution in [2.24, 2.45) is 0 Å². The normalized spacial score (nSPS) is 13.7. The summed E-state index contributed by atoms with van der Waals surface area (Å²) in [4.78, 5) is 36.6. The van der Waals surface area contributed by atoms with E-state index in [9.17, 15) is 18.8 Å². The van der Waals surface area contributed by atoms with Crippen molar-refractivity contribution in [2.75, 3.05) is 0 Å². The summed E-state index contributed by atoms with van der Waals surface area (Å²) in [5.41, 5.74) is 0.286. The zero-order valence-corrected chi connectivity index (χ0v) is 10.8. The minimum absolute atomic E-state index is 0.0433. The Morgan fingerprint density at radius 3 is 2.33 bits per heavy atom. The first-order valence-electron chi connectivity index (χ1n) is 6.28. The average Bonchev–Trinajstić information content (AvgIpc) is 2.50. The van der Waals surface area contributed by atoms with E-state index in [1.54, 1.807) is 12.1 Å². The van der Waals surface area contributed by atoms with Gasteiger partial charge in [-0.1, -0.05) is 36.4 Å². The third-order valence-electron chi connectivity index (χ3n) is 3.29. The van der Waals surface area contributed by atoms with Crippen molar-refractivity contribution in [1.82, 2.24) is 0 Å². The first kappa shape index (κ1) is 13.1. The molecule has 0 fully saturated rings. The number of fused-ring (bicyclic) bond motifs is 1. The summed E-state index contributed by atoms with van der Waals surface area (Å²) in [6, 6.07) is 11.3. The summed E-state index contributed by atoms with van der Waals surface area (Å²) >= 11 is 0. The summed E-state index contributed by atoms with van der Waals surface area (Å²) in [6.45, 7) is 0. The van der Waals surface area contributed by atoms with Gasteiger partial charge in [-0.25, -0.2) is 4.39 Å². The molecule has 0 saturated carbocycles. The van der Waals surface area contributed by atoms with E-state index < -0.39 is 23.2 Å². The first-order valence-corrected chi connectivity index (χ1v) is 6.28. The molecule has 0 N–H and O–H groups in total. The number of halogens is 1. The number of ketones is 3. The van der Waals surface area contributed by atoms with Crippen LogP contribution in [0.4, 0.5) is 4.39 Å². The van der Waals surface area contributed by atoms with E-state index in [0.29, 0.717) is 0 Å². The van der Waals surface area contributed by atoms with E-state index in [-0.39, 0.29) is 22.3 Å². The summed E-state index contributed by atoms with van der Waals surface area (Å²) in [6.07, 6.45) is 1.03. The van der Waals surface area contributed by atoms with E-state index in [2.05, 4.69) is 0 Å². The van der Waals surface area contributed by atoms with Crippen molar-refractivity contribution in [3.05, 3.63) is 82.7 Å². The number of benzene rings is 2. The zero-order chi connectivity index (χ0) is 15.0. The molecule has 0 bridgehead atoms. The molecule has 0 aromatic heterocycles. The highest BCUT2D eigenvalue weighted by atomic mass is 19.1. The Balaban J connectivity index is 2.07. The van der Waals surface area contributed by atoms with Crippen molar-refractivity contribution in [1.29, 1.82) is 0 Å². The number of allylic oxidation sites excluding steroid dienone is 2. The summed E-state index contributed by atoms with van der Waals surface area (Å²) in [5.74, 6) is -2.14. The molecule has 0 unspecified atom stereocenters. The monoisotopic (exact) mass is 280 g/mol. The summed E-state index contributed by atoms with van der Waals surface area (Å²) < 4.78 is 13.2. The number of rotatable bonds is 2. The van der Waals surface area contributed by atoms with Crippen LogP contribution in [0.15, 0.2) is 60.2 Å². The van der Waals surface area contributed by atoms with Gasteiger partial charge in [0.1, 0.15) is 5.82 Å². The van der Waals surface area contributed by atoms with Crippen LogP contribution in [0, 0.1) is 5.82 Å². The number of hydrogen-bond donors (Lipinski definition) is 0. The van der Waals surface area contributed by atoms with Crippen LogP contribution in [-0.2, 0) is 0 Å². The van der Waals surface area contributed by atoms with Gasteiger partial charge in [-0.05, 0) is 12.1 Å². The van der Waals surface area contributed by atoms with Gasteiger partial charge in [0.25, 0.3) is 0 Å². The topological polar surface area (TPSA) is 51.2 Å². The molecule has 0 atom stereocenters. The van der Waals surface area contributed by atoms with Gasteiger partial charge in [0.05, 0.1) is 5.57 Å². The molecule has 0 saturated heterocycles. The molecule has 21 heavy (non-hydrogen) atoms. The van der Waals surface area contributed by atoms with E-state index in [4.69, 9.17) is 0 Å². The van der Waals surface area contributed by atoms with Gasteiger partial charge in [0.15, 0.2) is 17.3 Å². The fourth-order valence-corrected chi connectivity index (χ4v) is 2.27. The highest BCUT2D eigenvalue weighted by Gasteiger charge is 2.29. The van der Waals surface area contributed by atoms with Crippen molar-refractivity contribution in [3.63, 3.8) is 0 Å². The molecule has 102 valence electrons. The van der Waals surface area contributed by atoms with Gasteiger partial charge in [-0.15, -0.1) is 0 Å². The van der Waals surface area contributed by atoms with E-state index >= 15 is 0 Å². The maximum atomic E-state index is 13.2. The predicted octanol–water partition coefficient (Wildman–Crippen LogP) is 3.01. The van der Waals surface area contributed by atoms with Crippen LogP contribution in [0.3, 0.4) is 0 Å². The number of carbonyl (C=O) groups excluding carboxylic acids is 3. The maximum Gasteiger partial charge on any atom is 0.197 e. The molecule has 0 radical (unpaired) electrons. The number of Topliss-reactive ketones (excluding diaryl/α,β-unsaturated/α-hetero) is 2. The van der Waals surface area contributed by atoms with E-state index in [1.165, 1.54) is 30.3 Å². The third kappa shape index (κ3) is 2.21. The quantitative estimate of drug-likeness (QED) is 0.627. The van der Waals surface area contributed by atoms with E-state index in [0.717, 1.165) is 12.1 Å². The maximum absolute atomic E-state index is 13.2. The van der Waals surface area contributed by atoms with Crippen molar-refractivity contribution in [2.45, 2.75) is 0 Å². The SMILES string of the molecule is O=C(C1=CC(=O)c2ccccc2C1=O)c1cccc(F)c1. The Labute approximate surface area is 119 Å². The lowest BCUT2D eigenvalue weighted by molar-refractivity contribution is 0.0934. The molecule has 2 aromatic carbocycles. The Hall–Kier alpha value is -2.88. The summed E-state index contributed by atoms with van der Waals surface area (Å²) in [7, 11) is 0. The number of carbonyl (C=O) groups is 3. The lowest BCUT2D eigenvalue weighted by Crippen LogP contribution is -2.22. The Morgan fingerprint density at radius 1 is 0.905 bits per heavy atom. The van der Waals surface area contributed by atoms with Crippen LogP contribution in [0.25, 0.3) is 0 Å². The zero-order valence-electron chi connectivity index (χ0n) is 10.8. The molecule has 1 aliphatic carbocycles. The van der Waals surface area contributed by atoms with Crippen LogP contribution in [0.1, 0.15) is 31.1 Å². The van der Waals surface area contributed by atoms with Gasteiger partial charge in [-0.3, -0.25) is 14.4 Å². The highest BCUT2D eigenvalue weighted by molar-refractivity contribution is 6.37. The van der Waals surface area contributed by atoms with Gasteiger partial charge >= 0.3 is 0 Å². The minimum atomic E-state index is -0.651. The molecular weight excluding hydrogens is 271 g/mol. The van der Waals surface area contributed by atoms with Gasteiger partial charge in [-0.2, -0.15) is 0 Å². The molecule has 1 aliphatic rings. The van der Waals surface area contributed by atoms with Crippen LogP contribution in [0.5, 0.6) is 0 Å². The second-order valence-electron chi connectivity index (χ2n) is 4.64. The second kappa shape index (κ2) is 4.90. The van der Waals surface area contributed by atoms with Crippen LogP contribution < -0.4 is 0 Å². The van der Waals surface area contributed by atoms with Gasteiger partial charge < -0.3 is 0 Å². The molecule has 3 nitrogen and oxygen atoms in total. The smallest absolute Gasteiger partial charge is 0.197 e. The Bertz CT molecular complexity index is 818. The standard InChI is InChI=1S/C17H9FO3/c18-11-5-3-4-10(8-11)16(20)14-9-15(19)12-6-1-2-7-13(12)17(14)21/h1-9H. The first-order chi connectivity index (χ1) is 10.1. The molecular formula is C17H9FO3. The van der Waals surface area contributed by atoms with Crippen molar-refractivity contribution < 1.29 is 18.8 Å². The lowest BCUT2D eigenvalue weighted by Gasteiger charge is -2.14. The molecule has 2 aromatic rings. The lowest BCUT2D eigenvalue weighted by atomic mass is 9.86. The van der Waals surface area contributed by atoms with Gasteiger partial charge in [0.2, 0.25) is 0 Å². The molecule has 4 heteroatoms. The van der Waals surface area contributed by atoms with Crippen LogP contribution in [0.2, 0.25) is 0 Å². The fraction of sp³-hybridized carbons (Fsp3) is 0. The van der Waals surface area contributed by atoms with Crippen molar-refractivity contribution in [3.8, 4) is 0 Å². The molecule has 3 rings (SSSR count). The van der Waals surface area contributed by atoms with Gasteiger partial charge in [0, 0.05) is 22.8 Å². The third-order valence-corrected chi connectivity index (χ3v) is 3.29. The van der Waals surface area contributed by atoms with Crippen LogP contribution >= 0.6 is 0 Å². The molecule has 0 aliphatic heterocycles. The van der Waals surface area contributed by atoms with E-state index in [1.807, 2.05) is 0 Å². The second-order valence-corrected chi connectivity index (χ2v) is 4.64. The predicted molar refractivity (Wildman–Crippen MR) is 73.9 cm³/mol. The largest absolute Gasteiger partial charge is 0.289 e. The Kier molecular flexibility index (Phi) is 3.06. The van der Waals surface area contributed by atoms with Crippen LogP contribution in [-0.4, -0.2) is 17.3 Å². The molecule has 0 amide bonds. The Morgan fingerprint density at radius 2 is 1.62 bits per heavy atom. The highest BCUT2D eigenvalue weighted by Crippen LogP contribution is 2.23. The molecule has 0 spiro atoms. The average molecular weight is 280 g/mol. The molecule has 0 heterocycles.